The molecule has 0 bridgehead atoms. The third-order valence-corrected chi connectivity index (χ3v) is 3.69. The van der Waals surface area contributed by atoms with Gasteiger partial charge in [-0.1, -0.05) is 23.2 Å². The van der Waals surface area contributed by atoms with Gasteiger partial charge in [-0.15, -0.1) is 0 Å². The topological polar surface area (TPSA) is 69.6 Å². The SMILES string of the molecule is CN(CC1CC1)C(=O)Nc1c(Cl)cc(C(=O)O)cc1Cl. The third kappa shape index (κ3) is 3.55. The molecule has 0 radical (unpaired) electrons. The Morgan fingerprint density at radius 1 is 1.35 bits per heavy atom. The number of anilines is 1. The highest BCUT2D eigenvalue weighted by Crippen LogP contribution is 2.33. The summed E-state index contributed by atoms with van der Waals surface area (Å²) in [6.45, 7) is 0.689. The molecule has 1 aliphatic carbocycles. The Morgan fingerprint density at radius 3 is 2.35 bits per heavy atom. The number of urea groups is 1. The van der Waals surface area contributed by atoms with Crippen molar-refractivity contribution in [2.75, 3.05) is 18.9 Å². The van der Waals surface area contributed by atoms with Crippen molar-refractivity contribution in [2.45, 2.75) is 12.8 Å². The molecule has 5 nitrogen and oxygen atoms in total. The minimum Gasteiger partial charge on any atom is -0.478 e. The number of carboxylic acid groups (broad SMARTS) is 1. The number of carbonyl (C=O) groups excluding carboxylic acids is 1. The summed E-state index contributed by atoms with van der Waals surface area (Å²) in [5.74, 6) is -0.552. The van der Waals surface area contributed by atoms with Gasteiger partial charge in [0.2, 0.25) is 0 Å². The minimum absolute atomic E-state index is 0.0238. The molecule has 1 aliphatic rings. The lowest BCUT2D eigenvalue weighted by molar-refractivity contribution is 0.0697. The number of carboxylic acids is 1. The van der Waals surface area contributed by atoms with Crippen LogP contribution in [0.2, 0.25) is 10.0 Å². The van der Waals surface area contributed by atoms with Crippen LogP contribution in [0.25, 0.3) is 0 Å². The van der Waals surface area contributed by atoms with Crippen LogP contribution in [0.5, 0.6) is 0 Å². The van der Waals surface area contributed by atoms with E-state index in [0.717, 1.165) is 12.8 Å². The van der Waals surface area contributed by atoms with Crippen LogP contribution in [-0.2, 0) is 0 Å². The molecular weight excluding hydrogens is 303 g/mol. The Labute approximate surface area is 126 Å². The molecule has 0 saturated heterocycles. The first-order valence-electron chi connectivity index (χ1n) is 6.13. The number of nitrogens with zero attached hydrogens (tertiary/aromatic N) is 1. The highest BCUT2D eigenvalue weighted by molar-refractivity contribution is 6.40. The summed E-state index contributed by atoms with van der Waals surface area (Å²) in [6.07, 6.45) is 2.29. The van der Waals surface area contributed by atoms with E-state index in [1.807, 2.05) is 0 Å². The van der Waals surface area contributed by atoms with Crippen molar-refractivity contribution in [1.29, 1.82) is 0 Å². The van der Waals surface area contributed by atoms with E-state index >= 15 is 0 Å². The highest BCUT2D eigenvalue weighted by Gasteiger charge is 2.25. The molecule has 108 valence electrons. The molecule has 2 N–H and O–H groups in total. The third-order valence-electron chi connectivity index (χ3n) is 3.10. The summed E-state index contributed by atoms with van der Waals surface area (Å²) >= 11 is 11.9. The van der Waals surface area contributed by atoms with Gasteiger partial charge in [-0.25, -0.2) is 9.59 Å². The summed E-state index contributed by atoms with van der Waals surface area (Å²) in [6, 6.07) is 2.20. The Morgan fingerprint density at radius 2 is 1.90 bits per heavy atom. The number of amides is 2. The van der Waals surface area contributed by atoms with Gasteiger partial charge in [-0.05, 0) is 30.9 Å². The second-order valence-electron chi connectivity index (χ2n) is 4.87. The molecule has 0 spiro atoms. The molecule has 2 amide bonds. The van der Waals surface area contributed by atoms with E-state index < -0.39 is 5.97 Å². The summed E-state index contributed by atoms with van der Waals surface area (Å²) in [4.78, 5) is 24.4. The monoisotopic (exact) mass is 316 g/mol. The van der Waals surface area contributed by atoms with Crippen LogP contribution < -0.4 is 5.32 Å². The second-order valence-corrected chi connectivity index (χ2v) is 5.69. The first-order valence-corrected chi connectivity index (χ1v) is 6.88. The average Bonchev–Trinajstić information content (AvgIpc) is 3.16. The summed E-state index contributed by atoms with van der Waals surface area (Å²) in [5, 5.41) is 11.7. The molecule has 1 aromatic rings. The lowest BCUT2D eigenvalue weighted by Gasteiger charge is -2.19. The van der Waals surface area contributed by atoms with Crippen molar-refractivity contribution in [3.63, 3.8) is 0 Å². The molecule has 2 rings (SSSR count). The zero-order valence-corrected chi connectivity index (χ0v) is 12.3. The number of hydrogen-bond acceptors (Lipinski definition) is 2. The van der Waals surface area contributed by atoms with Crippen molar-refractivity contribution in [3.8, 4) is 0 Å². The largest absolute Gasteiger partial charge is 0.478 e. The fraction of sp³-hybridized carbons (Fsp3) is 0.385. The zero-order valence-electron chi connectivity index (χ0n) is 10.8. The first kappa shape index (κ1) is 14.9. The van der Waals surface area contributed by atoms with Gasteiger partial charge in [-0.2, -0.15) is 0 Å². The zero-order chi connectivity index (χ0) is 14.9. The lowest BCUT2D eigenvalue weighted by atomic mass is 10.2. The molecule has 0 heterocycles. The van der Waals surface area contributed by atoms with E-state index in [1.165, 1.54) is 12.1 Å². The van der Waals surface area contributed by atoms with Gasteiger partial charge in [0.15, 0.2) is 0 Å². The van der Waals surface area contributed by atoms with Crippen LogP contribution in [-0.4, -0.2) is 35.6 Å². The predicted octanol–water partition coefficient (Wildman–Crippen LogP) is 3.57. The van der Waals surface area contributed by atoms with Crippen molar-refractivity contribution < 1.29 is 14.7 Å². The van der Waals surface area contributed by atoms with E-state index in [4.69, 9.17) is 28.3 Å². The van der Waals surface area contributed by atoms with Crippen molar-refractivity contribution >= 4 is 40.9 Å². The number of benzene rings is 1. The van der Waals surface area contributed by atoms with Crippen LogP contribution in [0.4, 0.5) is 10.5 Å². The van der Waals surface area contributed by atoms with Crippen LogP contribution in [0.1, 0.15) is 23.2 Å². The van der Waals surface area contributed by atoms with E-state index in [0.29, 0.717) is 12.5 Å². The number of aromatic carboxylic acids is 1. The minimum atomic E-state index is -1.13. The molecule has 0 atom stereocenters. The predicted molar refractivity (Wildman–Crippen MR) is 77.8 cm³/mol. The molecule has 20 heavy (non-hydrogen) atoms. The van der Waals surface area contributed by atoms with Gasteiger partial charge in [-0.3, -0.25) is 0 Å². The maximum atomic E-state index is 12.0. The summed E-state index contributed by atoms with van der Waals surface area (Å²) in [7, 11) is 1.70. The smallest absolute Gasteiger partial charge is 0.335 e. The molecule has 0 unspecified atom stereocenters. The maximum absolute atomic E-state index is 12.0. The van der Waals surface area contributed by atoms with Crippen molar-refractivity contribution in [2.24, 2.45) is 5.92 Å². The van der Waals surface area contributed by atoms with Crippen molar-refractivity contribution in [1.82, 2.24) is 4.90 Å². The fourth-order valence-electron chi connectivity index (χ4n) is 1.79. The van der Waals surface area contributed by atoms with E-state index in [2.05, 4.69) is 5.32 Å². The number of rotatable bonds is 4. The van der Waals surface area contributed by atoms with Gasteiger partial charge in [0, 0.05) is 13.6 Å². The van der Waals surface area contributed by atoms with Crippen LogP contribution >= 0.6 is 23.2 Å². The van der Waals surface area contributed by atoms with E-state index in [9.17, 15) is 9.59 Å². The Bertz CT molecular complexity index is 536. The van der Waals surface area contributed by atoms with Crippen LogP contribution in [0.3, 0.4) is 0 Å². The standard InChI is InChI=1S/C13H14Cl2N2O3/c1-17(6-7-2-3-7)13(20)16-11-9(14)4-8(12(18)19)5-10(11)15/h4-5,7H,2-3,6H2,1H3,(H,16,20)(H,18,19). The van der Waals surface area contributed by atoms with Crippen molar-refractivity contribution in [3.05, 3.63) is 27.7 Å². The molecule has 0 aliphatic heterocycles. The quantitative estimate of drug-likeness (QED) is 0.892. The molecule has 1 saturated carbocycles. The average molecular weight is 317 g/mol. The number of hydrogen-bond donors (Lipinski definition) is 2. The van der Waals surface area contributed by atoms with Gasteiger partial charge in [0.05, 0.1) is 21.3 Å². The van der Waals surface area contributed by atoms with Crippen LogP contribution in [0, 0.1) is 5.92 Å². The Hall–Kier alpha value is -1.46. The Balaban J connectivity index is 2.12. The van der Waals surface area contributed by atoms with Crippen LogP contribution in [0.15, 0.2) is 12.1 Å². The lowest BCUT2D eigenvalue weighted by Crippen LogP contribution is -2.33. The summed E-state index contributed by atoms with van der Waals surface area (Å²) in [5.41, 5.74) is 0.204. The highest BCUT2D eigenvalue weighted by atomic mass is 35.5. The molecule has 0 aromatic heterocycles. The fourth-order valence-corrected chi connectivity index (χ4v) is 2.37. The first-order chi connectivity index (χ1) is 9.38. The normalized spacial score (nSPS) is 13.9. The van der Waals surface area contributed by atoms with E-state index in [1.54, 1.807) is 11.9 Å². The Kier molecular flexibility index (Phi) is 4.40. The molecule has 7 heteroatoms. The summed E-state index contributed by atoms with van der Waals surface area (Å²) < 4.78 is 0. The van der Waals surface area contributed by atoms with Gasteiger partial charge in [0.1, 0.15) is 0 Å². The van der Waals surface area contributed by atoms with Gasteiger partial charge < -0.3 is 15.3 Å². The molecular formula is C13H14Cl2N2O3. The molecule has 1 fully saturated rings. The van der Waals surface area contributed by atoms with Gasteiger partial charge in [0.25, 0.3) is 0 Å². The maximum Gasteiger partial charge on any atom is 0.335 e. The number of halogens is 2. The number of carbonyl (C=O) groups is 2. The number of nitrogens with one attached hydrogen (secondary N) is 1. The van der Waals surface area contributed by atoms with E-state index in [-0.39, 0.29) is 27.3 Å². The second kappa shape index (κ2) is 5.89. The molecule has 1 aromatic carbocycles. The van der Waals surface area contributed by atoms with Gasteiger partial charge >= 0.3 is 12.0 Å².